The average molecular weight is 329 g/mol. The van der Waals surface area contributed by atoms with E-state index >= 15 is 0 Å². The van der Waals surface area contributed by atoms with Crippen LogP contribution in [0.2, 0.25) is 0 Å². The van der Waals surface area contributed by atoms with Crippen molar-refractivity contribution in [3.05, 3.63) is 35.9 Å². The molecule has 24 heavy (non-hydrogen) atoms. The lowest BCUT2D eigenvalue weighted by molar-refractivity contribution is -0.133. The van der Waals surface area contributed by atoms with Gasteiger partial charge < -0.3 is 9.64 Å². The van der Waals surface area contributed by atoms with E-state index in [-0.39, 0.29) is 5.60 Å². The summed E-state index contributed by atoms with van der Waals surface area (Å²) in [5, 5.41) is 0. The molecule has 1 aromatic rings. The number of hydrogen-bond acceptors (Lipinski definition) is 2. The first-order chi connectivity index (χ1) is 11.5. The highest BCUT2D eigenvalue weighted by atomic mass is 16.5. The maximum atomic E-state index is 12.7. The van der Waals surface area contributed by atoms with Gasteiger partial charge in [-0.25, -0.2) is 0 Å². The van der Waals surface area contributed by atoms with E-state index in [1.165, 1.54) is 18.4 Å². The summed E-state index contributed by atoms with van der Waals surface area (Å²) in [5.74, 6) is 1.35. The van der Waals surface area contributed by atoms with Crippen molar-refractivity contribution in [2.45, 2.75) is 58.0 Å². The molecule has 0 N–H and O–H groups in total. The van der Waals surface area contributed by atoms with E-state index in [1.54, 1.807) is 0 Å². The molecule has 0 saturated carbocycles. The smallest absolute Gasteiger partial charge is 0.222 e. The Balaban J connectivity index is 1.71. The van der Waals surface area contributed by atoms with E-state index in [0.717, 1.165) is 39.0 Å². The van der Waals surface area contributed by atoms with Crippen LogP contribution in [-0.4, -0.2) is 36.1 Å². The third-order valence-corrected chi connectivity index (χ3v) is 5.64. The van der Waals surface area contributed by atoms with Gasteiger partial charge in [-0.15, -0.1) is 0 Å². The Morgan fingerprint density at radius 3 is 2.62 bits per heavy atom. The molecule has 2 aliphatic heterocycles. The lowest BCUT2D eigenvalue weighted by Gasteiger charge is -2.39. The van der Waals surface area contributed by atoms with Gasteiger partial charge in [0.15, 0.2) is 0 Å². The van der Waals surface area contributed by atoms with Crippen molar-refractivity contribution in [1.29, 1.82) is 0 Å². The van der Waals surface area contributed by atoms with Crippen LogP contribution in [0.1, 0.15) is 51.5 Å². The predicted molar refractivity (Wildman–Crippen MR) is 96.8 cm³/mol. The van der Waals surface area contributed by atoms with Gasteiger partial charge in [-0.2, -0.15) is 0 Å². The normalized spacial score (nSPS) is 24.8. The molecule has 0 radical (unpaired) electrons. The zero-order chi connectivity index (χ0) is 17.0. The molecule has 3 heteroatoms. The van der Waals surface area contributed by atoms with Crippen LogP contribution in [-0.2, 0) is 16.0 Å². The van der Waals surface area contributed by atoms with Crippen LogP contribution in [0.15, 0.2) is 30.3 Å². The Labute approximate surface area is 146 Å². The number of hydrogen-bond donors (Lipinski definition) is 0. The highest BCUT2D eigenvalue weighted by molar-refractivity contribution is 5.76. The van der Waals surface area contributed by atoms with E-state index in [2.05, 4.69) is 49.1 Å². The number of carbonyl (C=O) groups excluding carboxylic acids is 1. The number of ether oxygens (including phenoxy) is 1. The zero-order valence-electron chi connectivity index (χ0n) is 15.2. The Bertz CT molecular complexity index is 534. The Morgan fingerprint density at radius 1 is 1.25 bits per heavy atom. The van der Waals surface area contributed by atoms with Gasteiger partial charge in [0.25, 0.3) is 0 Å². The predicted octanol–water partition coefficient (Wildman–Crippen LogP) is 4.06. The van der Waals surface area contributed by atoms with Crippen molar-refractivity contribution < 1.29 is 9.53 Å². The molecule has 0 spiro atoms. The summed E-state index contributed by atoms with van der Waals surface area (Å²) in [6.45, 7) is 7.09. The summed E-state index contributed by atoms with van der Waals surface area (Å²) in [6.07, 6.45) is 6.15. The fraction of sp³-hybridized carbons (Fsp3) is 0.667. The maximum absolute atomic E-state index is 12.7. The van der Waals surface area contributed by atoms with Crippen LogP contribution in [0, 0.1) is 11.8 Å². The molecule has 2 fully saturated rings. The summed E-state index contributed by atoms with van der Waals surface area (Å²) >= 11 is 0. The minimum atomic E-state index is -0.0610. The van der Waals surface area contributed by atoms with Gasteiger partial charge >= 0.3 is 0 Å². The van der Waals surface area contributed by atoms with Crippen LogP contribution < -0.4 is 0 Å². The van der Waals surface area contributed by atoms with Gasteiger partial charge in [0, 0.05) is 26.1 Å². The monoisotopic (exact) mass is 329 g/mol. The van der Waals surface area contributed by atoms with Crippen LogP contribution in [0.3, 0.4) is 0 Å². The molecule has 132 valence electrons. The zero-order valence-corrected chi connectivity index (χ0v) is 15.2. The first-order valence-electron chi connectivity index (χ1n) is 9.49. The largest absolute Gasteiger partial charge is 0.376 e. The van der Waals surface area contributed by atoms with E-state index < -0.39 is 0 Å². The Morgan fingerprint density at radius 2 is 1.96 bits per heavy atom. The first-order valence-corrected chi connectivity index (χ1v) is 9.49. The number of benzene rings is 1. The minimum absolute atomic E-state index is 0.0610. The third-order valence-electron chi connectivity index (χ3n) is 5.64. The summed E-state index contributed by atoms with van der Waals surface area (Å²) in [5.41, 5.74) is 1.29. The number of amides is 1. The van der Waals surface area contributed by atoms with E-state index in [9.17, 15) is 4.79 Å². The van der Waals surface area contributed by atoms with Crippen LogP contribution in [0.4, 0.5) is 0 Å². The highest BCUT2D eigenvalue weighted by Gasteiger charge is 2.35. The van der Waals surface area contributed by atoms with Crippen LogP contribution in [0.5, 0.6) is 0 Å². The van der Waals surface area contributed by atoms with Gasteiger partial charge in [0.05, 0.1) is 5.60 Å². The third kappa shape index (κ3) is 4.60. The fourth-order valence-electron chi connectivity index (χ4n) is 4.32. The van der Waals surface area contributed by atoms with Gasteiger partial charge in [-0.3, -0.25) is 4.79 Å². The fourth-order valence-corrected chi connectivity index (χ4v) is 4.32. The summed E-state index contributed by atoms with van der Waals surface area (Å²) < 4.78 is 5.91. The summed E-state index contributed by atoms with van der Waals surface area (Å²) in [7, 11) is 0. The molecule has 2 heterocycles. The molecule has 0 bridgehead atoms. The van der Waals surface area contributed by atoms with Gasteiger partial charge in [0.1, 0.15) is 0 Å². The molecule has 2 aliphatic rings. The number of likely N-dealkylation sites (tertiary alicyclic amines) is 1. The molecular formula is C21H31NO2. The molecule has 0 unspecified atom stereocenters. The number of rotatable bonds is 5. The summed E-state index contributed by atoms with van der Waals surface area (Å²) in [4.78, 5) is 14.8. The second kappa shape index (κ2) is 7.69. The summed E-state index contributed by atoms with van der Waals surface area (Å²) in [6, 6.07) is 10.6. The Kier molecular flexibility index (Phi) is 5.60. The second-order valence-electron chi connectivity index (χ2n) is 8.10. The van der Waals surface area contributed by atoms with Crippen LogP contribution in [0.25, 0.3) is 0 Å². The molecule has 1 aromatic carbocycles. The Hall–Kier alpha value is -1.35. The quantitative estimate of drug-likeness (QED) is 0.815. The van der Waals surface area contributed by atoms with Crippen molar-refractivity contribution in [3.8, 4) is 0 Å². The van der Waals surface area contributed by atoms with Crippen molar-refractivity contribution >= 4 is 5.91 Å². The highest BCUT2D eigenvalue weighted by Crippen LogP contribution is 2.36. The maximum Gasteiger partial charge on any atom is 0.222 e. The second-order valence-corrected chi connectivity index (χ2v) is 8.10. The van der Waals surface area contributed by atoms with E-state index in [1.807, 2.05) is 0 Å². The van der Waals surface area contributed by atoms with Crippen LogP contribution >= 0.6 is 0 Å². The van der Waals surface area contributed by atoms with Crippen molar-refractivity contribution in [2.24, 2.45) is 11.8 Å². The first kappa shape index (κ1) is 17.5. The van der Waals surface area contributed by atoms with Gasteiger partial charge in [0.2, 0.25) is 5.91 Å². The molecule has 3 nitrogen and oxygen atoms in total. The number of carbonyl (C=O) groups is 1. The molecule has 0 aromatic heterocycles. The van der Waals surface area contributed by atoms with Crippen molar-refractivity contribution in [3.63, 3.8) is 0 Å². The lowest BCUT2D eigenvalue weighted by Crippen LogP contribution is -2.39. The van der Waals surface area contributed by atoms with Gasteiger partial charge in [-0.1, -0.05) is 30.3 Å². The van der Waals surface area contributed by atoms with E-state index in [0.29, 0.717) is 24.2 Å². The van der Waals surface area contributed by atoms with Crippen molar-refractivity contribution in [1.82, 2.24) is 4.90 Å². The standard InChI is InChI=1S/C21H31NO2/c1-21(2)16-18(10-13-24-21)19(14-17-8-4-3-5-9-17)15-20(23)22-11-6-7-12-22/h3-5,8-9,18-19H,6-7,10-16H2,1-2H3/t18-,19-/m1/s1. The number of nitrogens with zero attached hydrogens (tertiary/aromatic N) is 1. The molecular weight excluding hydrogens is 298 g/mol. The lowest BCUT2D eigenvalue weighted by atomic mass is 9.75. The average Bonchev–Trinajstić information content (AvgIpc) is 3.09. The molecule has 0 aliphatic carbocycles. The molecule has 1 amide bonds. The molecule has 3 rings (SSSR count). The van der Waals surface area contributed by atoms with Crippen molar-refractivity contribution in [2.75, 3.05) is 19.7 Å². The minimum Gasteiger partial charge on any atom is -0.376 e. The SMILES string of the molecule is CC1(C)C[C@H]([C@@H](CC(=O)N2CCCC2)Cc2ccccc2)CCO1. The van der Waals surface area contributed by atoms with Gasteiger partial charge in [-0.05, 0) is 63.4 Å². The topological polar surface area (TPSA) is 29.5 Å². The molecule has 2 saturated heterocycles. The van der Waals surface area contributed by atoms with E-state index in [4.69, 9.17) is 4.74 Å². The molecule has 2 atom stereocenters.